The van der Waals surface area contributed by atoms with E-state index < -0.39 is 0 Å². The monoisotopic (exact) mass is 248 g/mol. The van der Waals surface area contributed by atoms with Crippen LogP contribution in [-0.4, -0.2) is 18.5 Å². The highest BCUT2D eigenvalue weighted by Gasteiger charge is 2.14. The minimum atomic E-state index is 0.569. The van der Waals surface area contributed by atoms with Gasteiger partial charge in [-0.3, -0.25) is 0 Å². The predicted octanol–water partition coefficient (Wildman–Crippen LogP) is 3.76. The highest BCUT2D eigenvalue weighted by molar-refractivity contribution is 9.09. The van der Waals surface area contributed by atoms with E-state index in [1.807, 2.05) is 0 Å². The third-order valence-electron chi connectivity index (χ3n) is 2.96. The minimum absolute atomic E-state index is 0.569. The molecule has 0 bridgehead atoms. The normalized spacial score (nSPS) is 21.7. The molecule has 13 heavy (non-hydrogen) atoms. The molecule has 1 rings (SSSR count). The summed E-state index contributed by atoms with van der Waals surface area (Å²) in [6.07, 6.45) is 9.98. The molecule has 78 valence electrons. The lowest BCUT2D eigenvalue weighted by Crippen LogP contribution is -2.11. The van der Waals surface area contributed by atoms with Crippen molar-refractivity contribution < 1.29 is 4.74 Å². The van der Waals surface area contributed by atoms with Crippen LogP contribution >= 0.6 is 15.9 Å². The Kier molecular flexibility index (Phi) is 6.05. The Morgan fingerprint density at radius 1 is 1.31 bits per heavy atom. The van der Waals surface area contributed by atoms with Crippen LogP contribution in [0.2, 0.25) is 0 Å². The van der Waals surface area contributed by atoms with Crippen molar-refractivity contribution >= 4 is 15.9 Å². The topological polar surface area (TPSA) is 9.23 Å². The summed E-state index contributed by atoms with van der Waals surface area (Å²) in [4.78, 5) is 0.569. The van der Waals surface area contributed by atoms with E-state index in [0.29, 0.717) is 4.83 Å². The van der Waals surface area contributed by atoms with Crippen LogP contribution in [-0.2, 0) is 4.74 Å². The summed E-state index contributed by atoms with van der Waals surface area (Å²) < 4.78 is 5.10. The van der Waals surface area contributed by atoms with Gasteiger partial charge >= 0.3 is 0 Å². The molecule has 0 saturated heterocycles. The summed E-state index contributed by atoms with van der Waals surface area (Å²) in [5, 5.41) is 0. The quantitative estimate of drug-likeness (QED) is 0.674. The molecule has 0 N–H and O–H groups in total. The van der Waals surface area contributed by atoms with Gasteiger partial charge in [0, 0.05) is 11.9 Å². The number of alkyl halides is 1. The van der Waals surface area contributed by atoms with E-state index >= 15 is 0 Å². The predicted molar refractivity (Wildman–Crippen MR) is 60.4 cm³/mol. The van der Waals surface area contributed by atoms with Gasteiger partial charge in [-0.2, -0.15) is 0 Å². The lowest BCUT2D eigenvalue weighted by atomic mass is 9.86. The molecule has 0 heterocycles. The number of ether oxygens (including phenoxy) is 1. The van der Waals surface area contributed by atoms with Crippen molar-refractivity contribution in [2.45, 2.75) is 49.8 Å². The molecular weight excluding hydrogens is 228 g/mol. The molecule has 1 aliphatic carbocycles. The van der Waals surface area contributed by atoms with Crippen molar-refractivity contribution in [3.8, 4) is 0 Å². The van der Waals surface area contributed by atoms with E-state index in [9.17, 15) is 0 Å². The average Bonchev–Trinajstić information content (AvgIpc) is 2.17. The molecule has 1 nitrogen and oxygen atoms in total. The van der Waals surface area contributed by atoms with Crippen molar-refractivity contribution in [3.63, 3.8) is 0 Å². The first-order chi connectivity index (χ1) is 6.33. The summed E-state index contributed by atoms with van der Waals surface area (Å²) in [5.41, 5.74) is 0. The molecule has 1 saturated carbocycles. The highest BCUT2D eigenvalue weighted by Crippen LogP contribution is 2.28. The largest absolute Gasteiger partial charge is 0.384 e. The SMILES string of the molecule is COCC(Br)CCC1CCCCC1. The zero-order valence-electron chi connectivity index (χ0n) is 8.60. The Hall–Kier alpha value is 0.440. The van der Waals surface area contributed by atoms with Crippen LogP contribution in [0.15, 0.2) is 0 Å². The van der Waals surface area contributed by atoms with Gasteiger partial charge in [0.25, 0.3) is 0 Å². The number of hydrogen-bond acceptors (Lipinski definition) is 1. The van der Waals surface area contributed by atoms with Crippen LogP contribution < -0.4 is 0 Å². The van der Waals surface area contributed by atoms with Gasteiger partial charge in [-0.1, -0.05) is 48.0 Å². The summed E-state index contributed by atoms with van der Waals surface area (Å²) >= 11 is 3.64. The second-order valence-electron chi connectivity index (χ2n) is 4.13. The molecule has 1 aliphatic rings. The molecule has 0 aromatic rings. The summed E-state index contributed by atoms with van der Waals surface area (Å²) in [7, 11) is 1.77. The second-order valence-corrected chi connectivity index (χ2v) is 5.43. The summed E-state index contributed by atoms with van der Waals surface area (Å²) in [5.74, 6) is 1.01. The Morgan fingerprint density at radius 3 is 2.62 bits per heavy atom. The molecule has 0 aromatic heterocycles. The zero-order valence-corrected chi connectivity index (χ0v) is 10.2. The first kappa shape index (κ1) is 11.5. The fourth-order valence-electron chi connectivity index (χ4n) is 2.16. The maximum Gasteiger partial charge on any atom is 0.0587 e. The van der Waals surface area contributed by atoms with Gasteiger partial charge in [0.15, 0.2) is 0 Å². The van der Waals surface area contributed by atoms with Crippen LogP contribution in [0.25, 0.3) is 0 Å². The van der Waals surface area contributed by atoms with E-state index in [4.69, 9.17) is 4.74 Å². The van der Waals surface area contributed by atoms with Gasteiger partial charge < -0.3 is 4.74 Å². The van der Waals surface area contributed by atoms with E-state index in [-0.39, 0.29) is 0 Å². The molecular formula is C11H21BrO. The molecule has 1 atom stereocenters. The summed E-state index contributed by atoms with van der Waals surface area (Å²) in [6, 6.07) is 0. The molecule has 1 unspecified atom stereocenters. The van der Waals surface area contributed by atoms with Crippen LogP contribution in [0.1, 0.15) is 44.9 Å². The Balaban J connectivity index is 2.03. The first-order valence-electron chi connectivity index (χ1n) is 5.46. The van der Waals surface area contributed by atoms with Crippen LogP contribution in [0, 0.1) is 5.92 Å². The van der Waals surface area contributed by atoms with Crippen LogP contribution in [0.3, 0.4) is 0 Å². The zero-order chi connectivity index (χ0) is 9.52. The lowest BCUT2D eigenvalue weighted by Gasteiger charge is -2.22. The third-order valence-corrected chi connectivity index (χ3v) is 3.68. The maximum absolute atomic E-state index is 5.10. The summed E-state index contributed by atoms with van der Waals surface area (Å²) in [6.45, 7) is 0.854. The van der Waals surface area contributed by atoms with Crippen molar-refractivity contribution in [3.05, 3.63) is 0 Å². The Morgan fingerprint density at radius 2 is 2.00 bits per heavy atom. The highest BCUT2D eigenvalue weighted by atomic mass is 79.9. The minimum Gasteiger partial charge on any atom is -0.384 e. The van der Waals surface area contributed by atoms with Gasteiger partial charge in [-0.05, 0) is 18.8 Å². The standard InChI is InChI=1S/C11H21BrO/c1-13-9-11(12)8-7-10-5-3-2-4-6-10/h10-11H,2-9H2,1H3. The van der Waals surface area contributed by atoms with Crippen molar-refractivity contribution in [2.24, 2.45) is 5.92 Å². The number of rotatable bonds is 5. The molecule has 0 spiro atoms. The van der Waals surface area contributed by atoms with E-state index in [1.54, 1.807) is 7.11 Å². The van der Waals surface area contributed by atoms with E-state index in [2.05, 4.69) is 15.9 Å². The van der Waals surface area contributed by atoms with Gasteiger partial charge in [0.1, 0.15) is 0 Å². The van der Waals surface area contributed by atoms with Crippen molar-refractivity contribution in [1.82, 2.24) is 0 Å². The number of hydrogen-bond donors (Lipinski definition) is 0. The van der Waals surface area contributed by atoms with Gasteiger partial charge in [0.05, 0.1) is 6.61 Å². The van der Waals surface area contributed by atoms with Gasteiger partial charge in [-0.15, -0.1) is 0 Å². The fourth-order valence-corrected chi connectivity index (χ4v) is 2.69. The van der Waals surface area contributed by atoms with Crippen molar-refractivity contribution in [1.29, 1.82) is 0 Å². The average molecular weight is 249 g/mol. The van der Waals surface area contributed by atoms with Gasteiger partial charge in [0.2, 0.25) is 0 Å². The van der Waals surface area contributed by atoms with Crippen LogP contribution in [0.4, 0.5) is 0 Å². The van der Waals surface area contributed by atoms with E-state index in [0.717, 1.165) is 12.5 Å². The maximum atomic E-state index is 5.10. The van der Waals surface area contributed by atoms with Gasteiger partial charge in [-0.25, -0.2) is 0 Å². The lowest BCUT2D eigenvalue weighted by molar-refractivity contribution is 0.194. The van der Waals surface area contributed by atoms with E-state index in [1.165, 1.54) is 44.9 Å². The molecule has 0 radical (unpaired) electrons. The fraction of sp³-hybridized carbons (Fsp3) is 1.00. The smallest absolute Gasteiger partial charge is 0.0587 e. The molecule has 1 fully saturated rings. The molecule has 2 heteroatoms. The molecule has 0 aliphatic heterocycles. The Bertz CT molecular complexity index is 121. The first-order valence-corrected chi connectivity index (χ1v) is 6.37. The number of halogens is 1. The molecule has 0 aromatic carbocycles. The van der Waals surface area contributed by atoms with Crippen LogP contribution in [0.5, 0.6) is 0 Å². The second kappa shape index (κ2) is 6.83. The van der Waals surface area contributed by atoms with Crippen molar-refractivity contribution in [2.75, 3.05) is 13.7 Å². The number of methoxy groups -OCH3 is 1. The Labute approximate surface area is 90.4 Å². The molecule has 0 amide bonds. The third kappa shape index (κ3) is 5.02.